The summed E-state index contributed by atoms with van der Waals surface area (Å²) in [4.78, 5) is 25.4. The highest BCUT2D eigenvalue weighted by atomic mass is 16.5. The zero-order chi connectivity index (χ0) is 24.2. The molecule has 0 saturated carbocycles. The predicted molar refractivity (Wildman–Crippen MR) is 129 cm³/mol. The molecule has 0 saturated heterocycles. The number of ether oxygens (including phenoxy) is 3. The van der Waals surface area contributed by atoms with Crippen LogP contribution in [0.1, 0.15) is 28.3 Å². The summed E-state index contributed by atoms with van der Waals surface area (Å²) >= 11 is 0. The first-order valence-electron chi connectivity index (χ1n) is 10.8. The maximum atomic E-state index is 12.8. The Kier molecular flexibility index (Phi) is 6.54. The second-order valence-electron chi connectivity index (χ2n) is 7.98. The number of hydrogen-bond acceptors (Lipinski definition) is 5. The fourth-order valence-electron chi connectivity index (χ4n) is 3.80. The molecule has 7 nitrogen and oxygen atoms in total. The van der Waals surface area contributed by atoms with Crippen molar-refractivity contribution >= 4 is 17.7 Å². The Morgan fingerprint density at radius 3 is 2.21 bits per heavy atom. The van der Waals surface area contributed by atoms with Gasteiger partial charge in [-0.2, -0.15) is 0 Å². The summed E-state index contributed by atoms with van der Waals surface area (Å²) in [7, 11) is 2.89. The molecule has 1 heterocycles. The van der Waals surface area contributed by atoms with Crippen LogP contribution in [0.5, 0.6) is 17.2 Å². The van der Waals surface area contributed by atoms with Gasteiger partial charge in [-0.25, -0.2) is 9.59 Å². The van der Waals surface area contributed by atoms with E-state index in [-0.39, 0.29) is 0 Å². The summed E-state index contributed by atoms with van der Waals surface area (Å²) < 4.78 is 16.3. The van der Waals surface area contributed by atoms with Gasteiger partial charge in [-0.1, -0.05) is 24.3 Å². The highest BCUT2D eigenvalue weighted by Gasteiger charge is 2.34. The summed E-state index contributed by atoms with van der Waals surface area (Å²) in [6.45, 7) is 4.00. The van der Waals surface area contributed by atoms with Crippen LogP contribution in [0.4, 0.5) is 4.79 Å². The first-order valence-corrected chi connectivity index (χ1v) is 10.8. The van der Waals surface area contributed by atoms with Gasteiger partial charge in [0.1, 0.15) is 17.2 Å². The first kappa shape index (κ1) is 22.9. The van der Waals surface area contributed by atoms with Crippen molar-refractivity contribution < 1.29 is 23.8 Å². The van der Waals surface area contributed by atoms with Crippen LogP contribution in [0.3, 0.4) is 0 Å². The Balaban J connectivity index is 1.70. The maximum absolute atomic E-state index is 12.8. The van der Waals surface area contributed by atoms with Crippen LogP contribution >= 0.6 is 0 Å². The summed E-state index contributed by atoms with van der Waals surface area (Å²) in [6.07, 6.45) is 0. The van der Waals surface area contributed by atoms with Crippen molar-refractivity contribution in [3.8, 4) is 17.2 Å². The van der Waals surface area contributed by atoms with Crippen molar-refractivity contribution in [1.29, 1.82) is 0 Å². The lowest BCUT2D eigenvalue weighted by atomic mass is 9.92. The maximum Gasteiger partial charge on any atom is 0.338 e. The third-order valence-electron chi connectivity index (χ3n) is 5.64. The van der Waals surface area contributed by atoms with Crippen molar-refractivity contribution in [2.24, 2.45) is 0 Å². The lowest BCUT2D eigenvalue weighted by molar-refractivity contribution is -0.136. The SMILES string of the molecule is COC(=O)C1=C(c2ccc(OC)cc2)NC(=O)NC1c1ccc(Oc2cc(C)ccc2C)cc1. The van der Waals surface area contributed by atoms with Gasteiger partial charge in [0.25, 0.3) is 0 Å². The van der Waals surface area contributed by atoms with E-state index in [4.69, 9.17) is 14.2 Å². The second-order valence-corrected chi connectivity index (χ2v) is 7.98. The van der Waals surface area contributed by atoms with E-state index in [1.54, 1.807) is 31.4 Å². The normalized spacial score (nSPS) is 15.3. The van der Waals surface area contributed by atoms with E-state index in [0.717, 1.165) is 22.4 Å². The van der Waals surface area contributed by atoms with Crippen LogP contribution in [-0.4, -0.2) is 26.2 Å². The number of benzene rings is 3. The molecule has 1 unspecified atom stereocenters. The molecule has 1 aliphatic rings. The molecule has 2 amide bonds. The predicted octanol–water partition coefficient (Wildman–Crippen LogP) is 5.04. The van der Waals surface area contributed by atoms with E-state index in [0.29, 0.717) is 28.3 Å². The number of urea groups is 1. The van der Waals surface area contributed by atoms with Crippen LogP contribution in [0.15, 0.2) is 72.3 Å². The van der Waals surface area contributed by atoms with Gasteiger partial charge in [-0.3, -0.25) is 0 Å². The molecule has 4 rings (SSSR count). The topological polar surface area (TPSA) is 85.9 Å². The molecule has 0 aliphatic carbocycles. The molecule has 3 aromatic carbocycles. The third kappa shape index (κ3) is 4.73. The minimum Gasteiger partial charge on any atom is -0.497 e. The Hall–Kier alpha value is -4.26. The van der Waals surface area contributed by atoms with Crippen LogP contribution in [0, 0.1) is 13.8 Å². The van der Waals surface area contributed by atoms with E-state index < -0.39 is 18.0 Å². The quantitative estimate of drug-likeness (QED) is 0.506. The standard InChI is InChI=1S/C27H26N2O5/c1-16-5-6-17(2)22(15-16)34-21-13-9-19(10-14-21)25-23(26(30)33-4)24(28-27(31)29-25)18-7-11-20(32-3)12-8-18/h5-15,25H,1-4H3,(H2,28,29,31). The average Bonchev–Trinajstić information content (AvgIpc) is 2.86. The molecule has 0 fully saturated rings. The lowest BCUT2D eigenvalue weighted by Gasteiger charge is -2.29. The fourth-order valence-corrected chi connectivity index (χ4v) is 3.80. The number of methoxy groups -OCH3 is 2. The van der Waals surface area contributed by atoms with Crippen molar-refractivity contribution in [2.45, 2.75) is 19.9 Å². The zero-order valence-corrected chi connectivity index (χ0v) is 19.5. The number of carbonyl (C=O) groups excluding carboxylic acids is 2. The third-order valence-corrected chi connectivity index (χ3v) is 5.64. The molecule has 0 spiro atoms. The van der Waals surface area contributed by atoms with Gasteiger partial charge in [0, 0.05) is 0 Å². The van der Waals surface area contributed by atoms with Gasteiger partial charge < -0.3 is 24.8 Å². The smallest absolute Gasteiger partial charge is 0.338 e. The highest BCUT2D eigenvalue weighted by Crippen LogP contribution is 2.34. The Bertz CT molecular complexity index is 1250. The average molecular weight is 459 g/mol. The number of amides is 2. The fraction of sp³-hybridized carbons (Fsp3) is 0.185. The van der Waals surface area contributed by atoms with Gasteiger partial charge in [0.15, 0.2) is 0 Å². The summed E-state index contributed by atoms with van der Waals surface area (Å²) in [6, 6.07) is 19.3. The highest BCUT2D eigenvalue weighted by molar-refractivity contribution is 6.04. The molecular formula is C27H26N2O5. The second kappa shape index (κ2) is 9.70. The van der Waals surface area contributed by atoms with Crippen LogP contribution < -0.4 is 20.1 Å². The molecule has 7 heteroatoms. The molecular weight excluding hydrogens is 432 g/mol. The van der Waals surface area contributed by atoms with Crippen molar-refractivity contribution in [3.05, 3.63) is 94.6 Å². The number of aryl methyl sites for hydroxylation is 2. The minimum atomic E-state index is -0.701. The molecule has 174 valence electrons. The number of rotatable bonds is 6. The van der Waals surface area contributed by atoms with Gasteiger partial charge in [-0.05, 0) is 78.6 Å². The summed E-state index contributed by atoms with van der Waals surface area (Å²) in [5.41, 5.74) is 4.20. The molecule has 3 aromatic rings. The minimum absolute atomic E-state index is 0.301. The number of nitrogens with one attached hydrogen (secondary N) is 2. The van der Waals surface area contributed by atoms with E-state index >= 15 is 0 Å². The van der Waals surface area contributed by atoms with Crippen molar-refractivity contribution in [1.82, 2.24) is 10.6 Å². The number of esters is 1. The Morgan fingerprint density at radius 1 is 0.882 bits per heavy atom. The largest absolute Gasteiger partial charge is 0.497 e. The van der Waals surface area contributed by atoms with Crippen molar-refractivity contribution in [2.75, 3.05) is 14.2 Å². The first-order chi connectivity index (χ1) is 16.4. The van der Waals surface area contributed by atoms with Gasteiger partial charge >= 0.3 is 12.0 Å². The zero-order valence-electron chi connectivity index (χ0n) is 19.5. The van der Waals surface area contributed by atoms with E-state index in [2.05, 4.69) is 10.6 Å². The number of hydrogen-bond donors (Lipinski definition) is 2. The lowest BCUT2D eigenvalue weighted by Crippen LogP contribution is -2.45. The monoisotopic (exact) mass is 458 g/mol. The molecule has 0 radical (unpaired) electrons. The van der Waals surface area contributed by atoms with E-state index in [9.17, 15) is 9.59 Å². The van der Waals surface area contributed by atoms with Crippen LogP contribution in [0.2, 0.25) is 0 Å². The molecule has 0 bridgehead atoms. The van der Waals surface area contributed by atoms with E-state index in [1.807, 2.05) is 56.3 Å². The summed E-state index contributed by atoms with van der Waals surface area (Å²) in [5, 5.41) is 5.59. The molecule has 34 heavy (non-hydrogen) atoms. The van der Waals surface area contributed by atoms with Gasteiger partial charge in [-0.15, -0.1) is 0 Å². The van der Waals surface area contributed by atoms with Crippen LogP contribution in [0.25, 0.3) is 5.70 Å². The van der Waals surface area contributed by atoms with E-state index in [1.165, 1.54) is 7.11 Å². The van der Waals surface area contributed by atoms with Gasteiger partial charge in [0.05, 0.1) is 31.5 Å². The van der Waals surface area contributed by atoms with Crippen molar-refractivity contribution in [3.63, 3.8) is 0 Å². The molecule has 1 atom stereocenters. The Labute approximate surface area is 198 Å². The molecule has 1 aliphatic heterocycles. The molecule has 2 N–H and O–H groups in total. The molecule has 0 aromatic heterocycles. The van der Waals surface area contributed by atoms with Crippen LogP contribution in [-0.2, 0) is 9.53 Å². The summed E-state index contributed by atoms with van der Waals surface area (Å²) in [5.74, 6) is 1.55. The number of carbonyl (C=O) groups is 2. The Morgan fingerprint density at radius 2 is 1.56 bits per heavy atom. The van der Waals surface area contributed by atoms with Gasteiger partial charge in [0.2, 0.25) is 0 Å².